The van der Waals surface area contributed by atoms with E-state index in [9.17, 15) is 4.79 Å². The number of aromatic nitrogens is 3. The standard InChI is InChI=1S/C15H12ClN3O3/c16-12-5-3-11(4-6-12)14(8-19-10-17-9-18-19)22-15(20)13-2-1-7-21-13/h1-7,9-10,14H,8H2/t14-/m0/s1. The smallest absolute Gasteiger partial charge is 0.374 e. The van der Waals surface area contributed by atoms with Crippen LogP contribution in [0.25, 0.3) is 0 Å². The van der Waals surface area contributed by atoms with Crippen LogP contribution in [0.4, 0.5) is 0 Å². The Balaban J connectivity index is 1.82. The molecule has 0 amide bonds. The van der Waals surface area contributed by atoms with Crippen molar-refractivity contribution < 1.29 is 13.9 Å². The van der Waals surface area contributed by atoms with E-state index in [0.717, 1.165) is 5.56 Å². The number of nitrogens with zero attached hydrogens (tertiary/aromatic N) is 3. The molecule has 0 unspecified atom stereocenters. The maximum atomic E-state index is 12.1. The lowest BCUT2D eigenvalue weighted by Gasteiger charge is -2.17. The Bertz CT molecular complexity index is 724. The van der Waals surface area contributed by atoms with Crippen LogP contribution in [-0.2, 0) is 11.3 Å². The van der Waals surface area contributed by atoms with Crippen LogP contribution in [0.1, 0.15) is 22.2 Å². The SMILES string of the molecule is O=C(O[C@@H](Cn1cncn1)c1ccc(Cl)cc1)c1ccco1. The fraction of sp³-hybridized carbons (Fsp3) is 0.133. The summed E-state index contributed by atoms with van der Waals surface area (Å²) in [5.41, 5.74) is 0.805. The van der Waals surface area contributed by atoms with Crippen LogP contribution in [0.15, 0.2) is 59.7 Å². The highest BCUT2D eigenvalue weighted by Crippen LogP contribution is 2.23. The Morgan fingerprint density at radius 2 is 2.14 bits per heavy atom. The minimum Gasteiger partial charge on any atom is -0.457 e. The van der Waals surface area contributed by atoms with Crippen LogP contribution >= 0.6 is 11.6 Å². The third kappa shape index (κ3) is 3.35. The molecule has 0 aliphatic heterocycles. The molecule has 3 aromatic rings. The van der Waals surface area contributed by atoms with Crippen molar-refractivity contribution in [1.82, 2.24) is 14.8 Å². The zero-order valence-electron chi connectivity index (χ0n) is 11.4. The van der Waals surface area contributed by atoms with Gasteiger partial charge in [0.15, 0.2) is 0 Å². The first-order chi connectivity index (χ1) is 10.7. The third-order valence-corrected chi connectivity index (χ3v) is 3.28. The molecule has 22 heavy (non-hydrogen) atoms. The Labute approximate surface area is 131 Å². The van der Waals surface area contributed by atoms with Gasteiger partial charge < -0.3 is 9.15 Å². The summed E-state index contributed by atoms with van der Waals surface area (Å²) in [6.45, 7) is 0.341. The number of hydrogen-bond donors (Lipinski definition) is 0. The zero-order valence-corrected chi connectivity index (χ0v) is 12.2. The molecule has 2 aromatic heterocycles. The van der Waals surface area contributed by atoms with Crippen LogP contribution in [-0.4, -0.2) is 20.7 Å². The van der Waals surface area contributed by atoms with Gasteiger partial charge in [0.25, 0.3) is 0 Å². The van der Waals surface area contributed by atoms with Crippen LogP contribution in [0.5, 0.6) is 0 Å². The first-order valence-corrected chi connectivity index (χ1v) is 6.92. The van der Waals surface area contributed by atoms with E-state index in [0.29, 0.717) is 11.6 Å². The second-order valence-electron chi connectivity index (χ2n) is 4.54. The molecule has 0 N–H and O–H groups in total. The Hall–Kier alpha value is -2.60. The highest BCUT2D eigenvalue weighted by Gasteiger charge is 2.20. The number of halogens is 1. The molecule has 0 radical (unpaired) electrons. The monoisotopic (exact) mass is 317 g/mol. The Morgan fingerprint density at radius 1 is 1.32 bits per heavy atom. The number of carbonyl (C=O) groups is 1. The van der Waals surface area contributed by atoms with Crippen molar-refractivity contribution in [2.45, 2.75) is 12.6 Å². The van der Waals surface area contributed by atoms with Gasteiger partial charge in [0.2, 0.25) is 5.76 Å². The average Bonchev–Trinajstić information content (AvgIpc) is 3.21. The fourth-order valence-electron chi connectivity index (χ4n) is 1.97. The largest absolute Gasteiger partial charge is 0.457 e. The van der Waals surface area contributed by atoms with E-state index in [-0.39, 0.29) is 5.76 Å². The fourth-order valence-corrected chi connectivity index (χ4v) is 2.09. The van der Waals surface area contributed by atoms with E-state index in [1.165, 1.54) is 12.6 Å². The van der Waals surface area contributed by atoms with Crippen molar-refractivity contribution in [3.8, 4) is 0 Å². The summed E-state index contributed by atoms with van der Waals surface area (Å²) in [7, 11) is 0. The molecule has 0 saturated carbocycles. The first-order valence-electron chi connectivity index (χ1n) is 6.55. The molecule has 0 bridgehead atoms. The predicted molar refractivity (Wildman–Crippen MR) is 78.3 cm³/mol. The number of ether oxygens (including phenoxy) is 1. The molecule has 0 saturated heterocycles. The van der Waals surface area contributed by atoms with E-state index < -0.39 is 12.1 Å². The molecule has 0 aliphatic carbocycles. The normalized spacial score (nSPS) is 12.0. The van der Waals surface area contributed by atoms with Gasteiger partial charge >= 0.3 is 5.97 Å². The van der Waals surface area contributed by atoms with Gasteiger partial charge in [-0.15, -0.1) is 0 Å². The molecule has 1 aromatic carbocycles. The molecule has 6 nitrogen and oxygen atoms in total. The summed E-state index contributed by atoms with van der Waals surface area (Å²) in [6.07, 6.45) is 3.87. The maximum absolute atomic E-state index is 12.1. The third-order valence-electron chi connectivity index (χ3n) is 3.03. The molecule has 0 fully saturated rings. The molecule has 1 atom stereocenters. The average molecular weight is 318 g/mol. The summed E-state index contributed by atoms with van der Waals surface area (Å²) in [5, 5.41) is 4.65. The number of hydrogen-bond acceptors (Lipinski definition) is 5. The van der Waals surface area contributed by atoms with E-state index in [1.54, 1.807) is 47.4 Å². The molecule has 7 heteroatoms. The molecular weight excluding hydrogens is 306 g/mol. The van der Waals surface area contributed by atoms with Gasteiger partial charge in [-0.1, -0.05) is 23.7 Å². The lowest BCUT2D eigenvalue weighted by Crippen LogP contribution is -2.17. The topological polar surface area (TPSA) is 70.2 Å². The van der Waals surface area contributed by atoms with Crippen LogP contribution in [0, 0.1) is 0 Å². The van der Waals surface area contributed by atoms with Crippen molar-refractivity contribution in [3.05, 3.63) is 71.7 Å². The first kappa shape index (κ1) is 14.3. The second-order valence-corrected chi connectivity index (χ2v) is 4.98. The van der Waals surface area contributed by atoms with Gasteiger partial charge in [0.1, 0.15) is 18.8 Å². The molecule has 3 rings (SSSR count). The Morgan fingerprint density at radius 3 is 2.77 bits per heavy atom. The van der Waals surface area contributed by atoms with Crippen molar-refractivity contribution in [1.29, 1.82) is 0 Å². The van der Waals surface area contributed by atoms with Crippen molar-refractivity contribution in [2.24, 2.45) is 0 Å². The summed E-state index contributed by atoms with van der Waals surface area (Å²) in [5.74, 6) is -0.386. The molecular formula is C15H12ClN3O3. The summed E-state index contributed by atoms with van der Waals surface area (Å²) in [6, 6.07) is 10.3. The van der Waals surface area contributed by atoms with E-state index >= 15 is 0 Å². The van der Waals surface area contributed by atoms with Crippen LogP contribution in [0.3, 0.4) is 0 Å². The number of furan rings is 1. The molecule has 112 valence electrons. The molecule has 2 heterocycles. The number of carbonyl (C=O) groups excluding carboxylic acids is 1. The molecule has 0 spiro atoms. The number of esters is 1. The number of rotatable bonds is 5. The van der Waals surface area contributed by atoms with Gasteiger partial charge in [0.05, 0.1) is 12.8 Å². The summed E-state index contributed by atoms with van der Waals surface area (Å²) in [4.78, 5) is 16.0. The maximum Gasteiger partial charge on any atom is 0.374 e. The van der Waals surface area contributed by atoms with E-state index in [2.05, 4.69) is 10.1 Å². The second kappa shape index (κ2) is 6.44. The molecule has 0 aliphatic rings. The zero-order chi connectivity index (χ0) is 15.4. The van der Waals surface area contributed by atoms with Crippen molar-refractivity contribution >= 4 is 17.6 Å². The predicted octanol–water partition coefficient (Wildman–Crippen LogP) is 3.12. The van der Waals surface area contributed by atoms with Gasteiger partial charge in [0, 0.05) is 5.02 Å². The van der Waals surface area contributed by atoms with Gasteiger partial charge in [-0.3, -0.25) is 0 Å². The van der Waals surface area contributed by atoms with Gasteiger partial charge in [-0.05, 0) is 29.8 Å². The van der Waals surface area contributed by atoms with Crippen molar-refractivity contribution in [3.63, 3.8) is 0 Å². The van der Waals surface area contributed by atoms with Gasteiger partial charge in [-0.25, -0.2) is 14.5 Å². The Kier molecular flexibility index (Phi) is 4.20. The quantitative estimate of drug-likeness (QED) is 0.676. The van der Waals surface area contributed by atoms with E-state index in [1.807, 2.05) is 0 Å². The van der Waals surface area contributed by atoms with Crippen molar-refractivity contribution in [2.75, 3.05) is 0 Å². The minimum absolute atomic E-state index is 0.151. The van der Waals surface area contributed by atoms with Crippen LogP contribution in [0.2, 0.25) is 5.02 Å². The lowest BCUT2D eigenvalue weighted by atomic mass is 10.1. The highest BCUT2D eigenvalue weighted by molar-refractivity contribution is 6.30. The summed E-state index contributed by atoms with van der Waals surface area (Å²) < 4.78 is 12.2. The van der Waals surface area contributed by atoms with E-state index in [4.69, 9.17) is 20.8 Å². The summed E-state index contributed by atoms with van der Waals surface area (Å²) >= 11 is 5.90. The van der Waals surface area contributed by atoms with Gasteiger partial charge in [-0.2, -0.15) is 5.10 Å². The lowest BCUT2D eigenvalue weighted by molar-refractivity contribution is 0.0211. The highest BCUT2D eigenvalue weighted by atomic mass is 35.5. The number of benzene rings is 1. The van der Waals surface area contributed by atoms with Crippen LogP contribution < -0.4 is 0 Å². The minimum atomic E-state index is -0.537.